The average molecular weight is 300 g/mol. The number of carboxylic acids is 1. The summed E-state index contributed by atoms with van der Waals surface area (Å²) in [6, 6.07) is -0.341. The second kappa shape index (κ2) is 6.47. The Kier molecular flexibility index (Phi) is 4.91. The van der Waals surface area contributed by atoms with E-state index in [-0.39, 0.29) is 29.8 Å². The van der Waals surface area contributed by atoms with Crippen LogP contribution in [0.5, 0.6) is 0 Å². The number of nitrogens with zero attached hydrogens (tertiary/aromatic N) is 1. The number of aliphatic carboxylic acids is 1. The minimum atomic E-state index is -0.746. The maximum absolute atomic E-state index is 12.2. The fourth-order valence-corrected chi connectivity index (χ4v) is 3.97. The first kappa shape index (κ1) is 15.2. The van der Waals surface area contributed by atoms with Crippen LogP contribution in [0.1, 0.15) is 32.6 Å². The lowest BCUT2D eigenvalue weighted by molar-refractivity contribution is -0.143. The molecule has 2 rings (SSSR count). The third-order valence-electron chi connectivity index (χ3n) is 4.01. The number of carbonyl (C=O) groups is 3. The summed E-state index contributed by atoms with van der Waals surface area (Å²) in [5.41, 5.74) is 0. The first-order chi connectivity index (χ1) is 9.49. The number of rotatable bonds is 3. The van der Waals surface area contributed by atoms with Crippen molar-refractivity contribution in [2.24, 2.45) is 5.92 Å². The lowest BCUT2D eigenvalue weighted by Gasteiger charge is -2.29. The highest BCUT2D eigenvalue weighted by Gasteiger charge is 2.35. The molecule has 0 aromatic carbocycles. The number of nitrogens with one attached hydrogen (secondary N) is 1. The second-order valence-electron chi connectivity index (χ2n) is 5.40. The van der Waals surface area contributed by atoms with Crippen LogP contribution >= 0.6 is 11.8 Å². The van der Waals surface area contributed by atoms with Crippen LogP contribution in [0, 0.1) is 5.92 Å². The van der Waals surface area contributed by atoms with E-state index in [1.54, 1.807) is 16.7 Å². The van der Waals surface area contributed by atoms with Gasteiger partial charge >= 0.3 is 5.97 Å². The molecule has 20 heavy (non-hydrogen) atoms. The van der Waals surface area contributed by atoms with Crippen LogP contribution < -0.4 is 5.32 Å². The van der Waals surface area contributed by atoms with E-state index >= 15 is 0 Å². The molecule has 0 bridgehead atoms. The average Bonchev–Trinajstić information content (AvgIpc) is 2.88. The van der Waals surface area contributed by atoms with Crippen molar-refractivity contribution in [2.75, 3.05) is 11.6 Å². The summed E-state index contributed by atoms with van der Waals surface area (Å²) >= 11 is 1.58. The molecule has 2 fully saturated rings. The van der Waals surface area contributed by atoms with Crippen molar-refractivity contribution >= 4 is 29.5 Å². The van der Waals surface area contributed by atoms with Gasteiger partial charge in [-0.2, -0.15) is 0 Å². The van der Waals surface area contributed by atoms with Crippen LogP contribution in [-0.2, 0) is 14.4 Å². The predicted molar refractivity (Wildman–Crippen MR) is 75.2 cm³/mol. The zero-order valence-corrected chi connectivity index (χ0v) is 12.3. The molecule has 0 spiro atoms. The molecule has 0 unspecified atom stereocenters. The maximum atomic E-state index is 12.2. The van der Waals surface area contributed by atoms with Crippen LogP contribution in [0.4, 0.5) is 0 Å². The number of thioether (sulfide) groups is 1. The molecule has 1 atom stereocenters. The van der Waals surface area contributed by atoms with Crippen molar-refractivity contribution in [3.63, 3.8) is 0 Å². The minimum Gasteiger partial charge on any atom is -0.481 e. The van der Waals surface area contributed by atoms with E-state index in [2.05, 4.69) is 5.32 Å². The molecular formula is C13H20N2O4S. The molecule has 0 aromatic rings. The Morgan fingerprint density at radius 3 is 2.40 bits per heavy atom. The Balaban J connectivity index is 1.83. The summed E-state index contributed by atoms with van der Waals surface area (Å²) < 4.78 is 0. The Hall–Kier alpha value is -1.24. The number of hydrogen-bond acceptors (Lipinski definition) is 4. The topological polar surface area (TPSA) is 86.7 Å². The SMILES string of the molecule is CC(=O)N1CSC[C@@H]1C(=O)NC1CCC(C(=O)O)CC1. The van der Waals surface area contributed by atoms with E-state index in [0.717, 1.165) is 0 Å². The van der Waals surface area contributed by atoms with Gasteiger partial charge < -0.3 is 15.3 Å². The van der Waals surface area contributed by atoms with E-state index in [4.69, 9.17) is 5.11 Å². The predicted octanol–water partition coefficient (Wildman–Crippen LogP) is 0.667. The van der Waals surface area contributed by atoms with Crippen molar-refractivity contribution in [3.8, 4) is 0 Å². The van der Waals surface area contributed by atoms with Gasteiger partial charge in [0.15, 0.2) is 0 Å². The third-order valence-corrected chi connectivity index (χ3v) is 5.02. The molecular weight excluding hydrogens is 280 g/mol. The van der Waals surface area contributed by atoms with Gasteiger partial charge in [0.2, 0.25) is 11.8 Å². The molecule has 0 radical (unpaired) electrons. The molecule has 112 valence electrons. The largest absolute Gasteiger partial charge is 0.481 e. The van der Waals surface area contributed by atoms with Crippen molar-refractivity contribution < 1.29 is 19.5 Å². The third kappa shape index (κ3) is 3.45. The first-order valence-electron chi connectivity index (χ1n) is 6.87. The molecule has 1 saturated heterocycles. The molecule has 1 aliphatic heterocycles. The van der Waals surface area contributed by atoms with Gasteiger partial charge in [0.25, 0.3) is 0 Å². The van der Waals surface area contributed by atoms with Gasteiger partial charge in [-0.25, -0.2) is 0 Å². The monoisotopic (exact) mass is 300 g/mol. The highest BCUT2D eigenvalue weighted by atomic mass is 32.2. The summed E-state index contributed by atoms with van der Waals surface area (Å²) in [6.45, 7) is 1.48. The van der Waals surface area contributed by atoms with Crippen LogP contribution in [0.3, 0.4) is 0 Å². The van der Waals surface area contributed by atoms with Crippen LogP contribution in [0.15, 0.2) is 0 Å². The zero-order chi connectivity index (χ0) is 14.7. The lowest BCUT2D eigenvalue weighted by atomic mass is 9.86. The van der Waals surface area contributed by atoms with E-state index < -0.39 is 5.97 Å². The van der Waals surface area contributed by atoms with Gasteiger partial charge in [0, 0.05) is 18.7 Å². The smallest absolute Gasteiger partial charge is 0.306 e. The van der Waals surface area contributed by atoms with E-state index in [1.807, 2.05) is 0 Å². The van der Waals surface area contributed by atoms with Gasteiger partial charge in [-0.3, -0.25) is 14.4 Å². The van der Waals surface area contributed by atoms with Gasteiger partial charge in [0.05, 0.1) is 11.8 Å². The summed E-state index contributed by atoms with van der Waals surface area (Å²) in [6.07, 6.45) is 2.61. The molecule has 6 nitrogen and oxygen atoms in total. The van der Waals surface area contributed by atoms with Crippen molar-refractivity contribution in [2.45, 2.75) is 44.7 Å². The lowest BCUT2D eigenvalue weighted by Crippen LogP contribution is -2.50. The van der Waals surface area contributed by atoms with E-state index in [1.165, 1.54) is 6.92 Å². The maximum Gasteiger partial charge on any atom is 0.306 e. The normalized spacial score (nSPS) is 30.1. The quantitative estimate of drug-likeness (QED) is 0.800. The zero-order valence-electron chi connectivity index (χ0n) is 11.5. The summed E-state index contributed by atoms with van der Waals surface area (Å²) in [5, 5.41) is 11.9. The molecule has 1 aliphatic carbocycles. The van der Waals surface area contributed by atoms with Crippen molar-refractivity contribution in [3.05, 3.63) is 0 Å². The van der Waals surface area contributed by atoms with Gasteiger partial charge in [-0.1, -0.05) is 0 Å². The minimum absolute atomic E-state index is 0.0394. The molecule has 2 N–H and O–H groups in total. The Labute approximate surface area is 122 Å². The number of carbonyl (C=O) groups excluding carboxylic acids is 2. The molecule has 0 aromatic heterocycles. The second-order valence-corrected chi connectivity index (χ2v) is 6.40. The highest BCUT2D eigenvalue weighted by Crippen LogP contribution is 2.26. The summed E-state index contributed by atoms with van der Waals surface area (Å²) in [4.78, 5) is 36.1. The Morgan fingerprint density at radius 1 is 1.20 bits per heavy atom. The summed E-state index contributed by atoms with van der Waals surface area (Å²) in [5.74, 6) is -0.00736. The van der Waals surface area contributed by atoms with Crippen molar-refractivity contribution in [1.82, 2.24) is 10.2 Å². The van der Waals surface area contributed by atoms with Crippen LogP contribution in [-0.4, -0.2) is 51.5 Å². The molecule has 7 heteroatoms. The van der Waals surface area contributed by atoms with E-state index in [0.29, 0.717) is 37.3 Å². The summed E-state index contributed by atoms with van der Waals surface area (Å²) in [7, 11) is 0. The molecule has 2 amide bonds. The number of hydrogen-bond donors (Lipinski definition) is 2. The Morgan fingerprint density at radius 2 is 1.85 bits per heavy atom. The van der Waals surface area contributed by atoms with Gasteiger partial charge in [-0.05, 0) is 25.7 Å². The van der Waals surface area contributed by atoms with Crippen LogP contribution in [0.2, 0.25) is 0 Å². The fraction of sp³-hybridized carbons (Fsp3) is 0.769. The van der Waals surface area contributed by atoms with Gasteiger partial charge in [-0.15, -0.1) is 11.8 Å². The van der Waals surface area contributed by atoms with Gasteiger partial charge in [0.1, 0.15) is 6.04 Å². The first-order valence-corrected chi connectivity index (χ1v) is 8.02. The standard InChI is InChI=1S/C13H20N2O4S/c1-8(16)15-7-20-6-11(15)12(17)14-10-4-2-9(3-5-10)13(18)19/h9-11H,2-7H2,1H3,(H,14,17)(H,18,19)/t9?,10?,11-/m1/s1. The number of amides is 2. The van der Waals surface area contributed by atoms with Crippen molar-refractivity contribution in [1.29, 1.82) is 0 Å². The highest BCUT2D eigenvalue weighted by molar-refractivity contribution is 7.99. The molecule has 1 heterocycles. The van der Waals surface area contributed by atoms with E-state index in [9.17, 15) is 14.4 Å². The van der Waals surface area contributed by atoms with Crippen LogP contribution in [0.25, 0.3) is 0 Å². The fourth-order valence-electron chi connectivity index (χ4n) is 2.75. The molecule has 2 aliphatic rings. The molecule has 1 saturated carbocycles. The Bertz CT molecular complexity index is 407. The number of carboxylic acid groups (broad SMARTS) is 1.